The Balaban J connectivity index is 1.85. The Morgan fingerprint density at radius 3 is 2.87 bits per heavy atom. The van der Waals surface area contributed by atoms with E-state index in [0.717, 1.165) is 25.8 Å². The predicted molar refractivity (Wildman–Crippen MR) is 86.8 cm³/mol. The average Bonchev–Trinajstić information content (AvgIpc) is 2.98. The Morgan fingerprint density at radius 1 is 1.39 bits per heavy atom. The molecule has 0 aliphatic heterocycles. The lowest BCUT2D eigenvalue weighted by Crippen LogP contribution is -2.38. The van der Waals surface area contributed by atoms with Crippen molar-refractivity contribution in [2.45, 2.75) is 25.3 Å². The molecule has 1 heterocycles. The molecule has 1 atom stereocenters. The molecule has 1 aliphatic rings. The van der Waals surface area contributed by atoms with Crippen LogP contribution >= 0.6 is 0 Å². The zero-order valence-corrected chi connectivity index (χ0v) is 13.7. The van der Waals surface area contributed by atoms with Gasteiger partial charge in [-0.1, -0.05) is 0 Å². The Morgan fingerprint density at radius 2 is 2.13 bits per heavy atom. The van der Waals surface area contributed by atoms with E-state index in [9.17, 15) is 5.21 Å². The minimum absolute atomic E-state index is 0.384. The van der Waals surface area contributed by atoms with Crippen molar-refractivity contribution in [1.29, 1.82) is 0 Å². The van der Waals surface area contributed by atoms with Gasteiger partial charge in [0.2, 0.25) is 5.82 Å². The molecule has 0 fully saturated rings. The third-order valence-electron chi connectivity index (χ3n) is 4.34. The standard InChI is InChI=1S/C16H23N5O2/c1-20(6-7-23-2)10-13(17)16-18-14-8-11-4-3-5-12(11)9-15(14)21(22)19-16/h8-9,13H,3-7,10,17H2,1-2H3. The summed E-state index contributed by atoms with van der Waals surface area (Å²) in [4.78, 5) is 7.23. The minimum atomic E-state index is -0.408. The first-order valence-corrected chi connectivity index (χ1v) is 7.95. The normalized spacial score (nSPS) is 15.3. The molecule has 0 spiro atoms. The van der Waals surface area contributed by atoms with E-state index in [-0.39, 0.29) is 0 Å². The highest BCUT2D eigenvalue weighted by molar-refractivity contribution is 5.73. The molecule has 0 amide bonds. The molecule has 0 radical (unpaired) electrons. The number of likely N-dealkylation sites (N-methyl/N-ethyl adjacent to an activating group) is 1. The van der Waals surface area contributed by atoms with Crippen molar-refractivity contribution in [2.75, 3.05) is 33.9 Å². The first-order chi connectivity index (χ1) is 11.1. The fourth-order valence-electron chi connectivity index (χ4n) is 3.05. The molecular weight excluding hydrogens is 294 g/mol. The van der Waals surface area contributed by atoms with Gasteiger partial charge in [-0.25, -0.2) is 4.98 Å². The first kappa shape index (κ1) is 16.0. The molecule has 2 N–H and O–H groups in total. The number of fused-ring (bicyclic) bond motifs is 2. The number of hydrogen-bond acceptors (Lipinski definition) is 6. The van der Waals surface area contributed by atoms with Crippen LogP contribution in [-0.4, -0.2) is 48.8 Å². The van der Waals surface area contributed by atoms with Crippen LogP contribution in [0.15, 0.2) is 12.1 Å². The highest BCUT2D eigenvalue weighted by Gasteiger charge is 2.21. The number of ether oxygens (including phenoxy) is 1. The van der Waals surface area contributed by atoms with Gasteiger partial charge >= 0.3 is 0 Å². The van der Waals surface area contributed by atoms with Crippen molar-refractivity contribution < 1.29 is 9.58 Å². The van der Waals surface area contributed by atoms with Gasteiger partial charge in [0.05, 0.1) is 12.6 Å². The van der Waals surface area contributed by atoms with Crippen LogP contribution in [0.2, 0.25) is 0 Å². The number of hydrogen-bond donors (Lipinski definition) is 1. The minimum Gasteiger partial charge on any atom is -0.594 e. The van der Waals surface area contributed by atoms with Gasteiger partial charge in [-0.15, -0.1) is 0 Å². The molecule has 2 aromatic rings. The van der Waals surface area contributed by atoms with E-state index in [1.165, 1.54) is 11.1 Å². The second-order valence-electron chi connectivity index (χ2n) is 6.17. The molecule has 0 saturated carbocycles. The van der Waals surface area contributed by atoms with Gasteiger partial charge in [0.15, 0.2) is 0 Å². The molecule has 0 saturated heterocycles. The fourth-order valence-corrected chi connectivity index (χ4v) is 3.05. The average molecular weight is 317 g/mol. The van der Waals surface area contributed by atoms with Gasteiger partial charge in [-0.05, 0) is 48.3 Å². The third-order valence-corrected chi connectivity index (χ3v) is 4.34. The monoisotopic (exact) mass is 317 g/mol. The van der Waals surface area contributed by atoms with E-state index in [4.69, 9.17) is 10.5 Å². The summed E-state index contributed by atoms with van der Waals surface area (Å²) in [6, 6.07) is 3.53. The number of aromatic nitrogens is 3. The van der Waals surface area contributed by atoms with Crippen molar-refractivity contribution in [3.8, 4) is 0 Å². The highest BCUT2D eigenvalue weighted by atomic mass is 16.5. The number of rotatable bonds is 6. The summed E-state index contributed by atoms with van der Waals surface area (Å²) in [6.07, 6.45) is 3.21. The number of aryl methyl sites for hydroxylation is 2. The molecule has 0 bridgehead atoms. The van der Waals surface area contributed by atoms with Crippen LogP contribution in [0.3, 0.4) is 0 Å². The van der Waals surface area contributed by atoms with Gasteiger partial charge in [0.1, 0.15) is 5.52 Å². The lowest BCUT2D eigenvalue weighted by molar-refractivity contribution is -0.644. The maximum atomic E-state index is 12.2. The fraction of sp³-hybridized carbons (Fsp3) is 0.562. The first-order valence-electron chi connectivity index (χ1n) is 7.95. The predicted octanol–water partition coefficient (Wildman–Crippen LogP) is 0.330. The summed E-state index contributed by atoms with van der Waals surface area (Å²) in [5.41, 5.74) is 9.91. The number of nitrogens with zero attached hydrogens (tertiary/aromatic N) is 4. The van der Waals surface area contributed by atoms with E-state index >= 15 is 0 Å². The van der Waals surface area contributed by atoms with E-state index in [2.05, 4.69) is 10.1 Å². The van der Waals surface area contributed by atoms with Crippen molar-refractivity contribution in [3.63, 3.8) is 0 Å². The van der Waals surface area contributed by atoms with Crippen molar-refractivity contribution in [2.24, 2.45) is 5.73 Å². The lowest BCUT2D eigenvalue weighted by Gasteiger charge is -2.19. The quantitative estimate of drug-likeness (QED) is 0.610. The van der Waals surface area contributed by atoms with Crippen molar-refractivity contribution in [1.82, 2.24) is 15.0 Å². The topological polar surface area (TPSA) is 91.2 Å². The zero-order valence-electron chi connectivity index (χ0n) is 13.7. The molecule has 1 aromatic carbocycles. The molecule has 124 valence electrons. The van der Waals surface area contributed by atoms with Crippen molar-refractivity contribution >= 4 is 11.0 Å². The molecule has 7 nitrogen and oxygen atoms in total. The van der Waals surface area contributed by atoms with E-state index in [1.54, 1.807) is 7.11 Å². The zero-order chi connectivity index (χ0) is 16.4. The van der Waals surface area contributed by atoms with Crippen LogP contribution in [0.25, 0.3) is 11.0 Å². The second kappa shape index (κ2) is 6.74. The number of methoxy groups -OCH3 is 1. The highest BCUT2D eigenvalue weighted by Crippen LogP contribution is 2.25. The van der Waals surface area contributed by atoms with Crippen LogP contribution in [-0.2, 0) is 17.6 Å². The molecule has 23 heavy (non-hydrogen) atoms. The molecule has 1 aromatic heterocycles. The van der Waals surface area contributed by atoms with Gasteiger partial charge in [-0.2, -0.15) is 0 Å². The van der Waals surface area contributed by atoms with Crippen LogP contribution in [0.5, 0.6) is 0 Å². The molecule has 7 heteroatoms. The summed E-state index contributed by atoms with van der Waals surface area (Å²) in [6.45, 7) is 1.97. The summed E-state index contributed by atoms with van der Waals surface area (Å²) < 4.78 is 5.05. The third kappa shape index (κ3) is 3.41. The Hall–Kier alpha value is -1.83. The lowest BCUT2D eigenvalue weighted by atomic mass is 10.1. The van der Waals surface area contributed by atoms with Crippen LogP contribution < -0.4 is 10.6 Å². The van der Waals surface area contributed by atoms with E-state index in [0.29, 0.717) is 34.9 Å². The summed E-state index contributed by atoms with van der Waals surface area (Å²) >= 11 is 0. The van der Waals surface area contributed by atoms with E-state index < -0.39 is 6.04 Å². The number of benzene rings is 1. The summed E-state index contributed by atoms with van der Waals surface area (Å²) in [5, 5.41) is 16.3. The Kier molecular flexibility index (Phi) is 4.70. The largest absolute Gasteiger partial charge is 0.594 e. The van der Waals surface area contributed by atoms with E-state index in [1.807, 2.05) is 24.1 Å². The summed E-state index contributed by atoms with van der Waals surface area (Å²) in [7, 11) is 3.62. The molecule has 1 aliphatic carbocycles. The maximum absolute atomic E-state index is 12.2. The SMILES string of the molecule is COCCN(C)CC(N)c1nc2cc3c(cc2[n+]([O-])n1)CCC3. The van der Waals surface area contributed by atoms with Crippen LogP contribution in [0.4, 0.5) is 0 Å². The van der Waals surface area contributed by atoms with Crippen LogP contribution in [0.1, 0.15) is 29.4 Å². The van der Waals surface area contributed by atoms with Gasteiger partial charge in [0.25, 0.3) is 5.52 Å². The number of nitrogens with two attached hydrogens (primary N) is 1. The van der Waals surface area contributed by atoms with Crippen molar-refractivity contribution in [3.05, 3.63) is 34.3 Å². The second-order valence-corrected chi connectivity index (χ2v) is 6.17. The smallest absolute Gasteiger partial charge is 0.270 e. The van der Waals surface area contributed by atoms with Gasteiger partial charge in [-0.3, -0.25) is 0 Å². The molecule has 1 unspecified atom stereocenters. The van der Waals surface area contributed by atoms with Gasteiger partial charge < -0.3 is 20.6 Å². The Labute approximate surface area is 135 Å². The van der Waals surface area contributed by atoms with Gasteiger partial charge in [0, 0.05) is 31.4 Å². The molecule has 3 rings (SSSR count). The molecular formula is C16H23N5O2. The van der Waals surface area contributed by atoms with Crippen LogP contribution in [0, 0.1) is 5.21 Å². The summed E-state index contributed by atoms with van der Waals surface area (Å²) in [5.74, 6) is 0.384. The maximum Gasteiger partial charge on any atom is 0.270 e. The Bertz CT molecular complexity index is 706.